The van der Waals surface area contributed by atoms with Gasteiger partial charge in [-0.3, -0.25) is 0 Å². The van der Waals surface area contributed by atoms with Crippen LogP contribution < -0.4 is 14.8 Å². The minimum absolute atomic E-state index is 0.0666. The van der Waals surface area contributed by atoms with Gasteiger partial charge in [0, 0.05) is 18.2 Å². The van der Waals surface area contributed by atoms with Crippen LogP contribution in [0.3, 0.4) is 0 Å². The Bertz CT molecular complexity index is 459. The van der Waals surface area contributed by atoms with Gasteiger partial charge in [0.2, 0.25) is 0 Å². The summed E-state index contributed by atoms with van der Waals surface area (Å²) in [5, 5.41) is 13.4. The lowest BCUT2D eigenvalue weighted by Gasteiger charge is -2.20. The van der Waals surface area contributed by atoms with Crippen molar-refractivity contribution in [2.45, 2.75) is 56.9 Å². The number of rotatable bonds is 6. The fourth-order valence-electron chi connectivity index (χ4n) is 2.68. The highest BCUT2D eigenvalue weighted by Gasteiger charge is 2.28. The van der Waals surface area contributed by atoms with Crippen molar-refractivity contribution in [1.82, 2.24) is 5.32 Å². The second-order valence-corrected chi connectivity index (χ2v) is 5.78. The zero-order valence-corrected chi connectivity index (χ0v) is 12.0. The summed E-state index contributed by atoms with van der Waals surface area (Å²) in [6, 6.07) is 6.54. The predicted octanol–water partition coefficient (Wildman–Crippen LogP) is 2.24. The molecular weight excluding hydrogens is 254 g/mol. The number of hydrogen-bond donors (Lipinski definition) is 2. The molecule has 2 atom stereocenters. The second-order valence-electron chi connectivity index (χ2n) is 5.78. The number of ether oxygens (including phenoxy) is 2. The number of nitrogens with one attached hydrogen (secondary N) is 1. The van der Waals surface area contributed by atoms with Gasteiger partial charge < -0.3 is 19.9 Å². The Morgan fingerprint density at radius 1 is 1.25 bits per heavy atom. The molecule has 0 radical (unpaired) electrons. The molecule has 0 bridgehead atoms. The fourth-order valence-corrected chi connectivity index (χ4v) is 2.68. The third-order valence-corrected chi connectivity index (χ3v) is 4.12. The van der Waals surface area contributed by atoms with Crippen molar-refractivity contribution in [2.24, 2.45) is 0 Å². The van der Waals surface area contributed by atoms with Crippen LogP contribution in [0.1, 0.15) is 37.7 Å². The van der Waals surface area contributed by atoms with E-state index in [2.05, 4.69) is 5.32 Å². The van der Waals surface area contributed by atoms with Gasteiger partial charge in [-0.25, -0.2) is 0 Å². The molecule has 0 aromatic heterocycles. The van der Waals surface area contributed by atoms with Crippen LogP contribution in [-0.2, 0) is 6.54 Å². The number of methoxy groups -OCH3 is 1. The van der Waals surface area contributed by atoms with Crippen LogP contribution in [0.4, 0.5) is 0 Å². The van der Waals surface area contributed by atoms with Crippen LogP contribution in [0.25, 0.3) is 0 Å². The quantitative estimate of drug-likeness (QED) is 0.837. The Hall–Kier alpha value is -1.26. The van der Waals surface area contributed by atoms with Gasteiger partial charge in [-0.2, -0.15) is 0 Å². The largest absolute Gasteiger partial charge is 0.497 e. The zero-order chi connectivity index (χ0) is 13.9. The van der Waals surface area contributed by atoms with E-state index in [4.69, 9.17) is 9.47 Å². The number of aliphatic hydroxyl groups is 1. The summed E-state index contributed by atoms with van der Waals surface area (Å²) in [5.41, 5.74) is 1.11. The maximum absolute atomic E-state index is 9.90. The summed E-state index contributed by atoms with van der Waals surface area (Å²) in [6.07, 6.45) is 4.95. The molecule has 2 aliphatic rings. The molecule has 0 heterocycles. The van der Waals surface area contributed by atoms with Crippen molar-refractivity contribution in [3.63, 3.8) is 0 Å². The molecule has 2 unspecified atom stereocenters. The SMILES string of the molecule is COc1ccc(OC2CCCC2O)c(CNC2CC2)c1. The van der Waals surface area contributed by atoms with E-state index in [1.165, 1.54) is 12.8 Å². The van der Waals surface area contributed by atoms with E-state index in [1.54, 1.807) is 7.11 Å². The summed E-state index contributed by atoms with van der Waals surface area (Å²) in [5.74, 6) is 1.71. The topological polar surface area (TPSA) is 50.7 Å². The van der Waals surface area contributed by atoms with Crippen LogP contribution >= 0.6 is 0 Å². The van der Waals surface area contributed by atoms with E-state index in [0.29, 0.717) is 6.04 Å². The van der Waals surface area contributed by atoms with Crippen molar-refractivity contribution in [3.05, 3.63) is 23.8 Å². The van der Waals surface area contributed by atoms with Gasteiger partial charge in [0.1, 0.15) is 17.6 Å². The highest BCUT2D eigenvalue weighted by atomic mass is 16.5. The first-order chi connectivity index (χ1) is 9.76. The van der Waals surface area contributed by atoms with Gasteiger partial charge in [-0.05, 0) is 50.3 Å². The lowest BCUT2D eigenvalue weighted by Crippen LogP contribution is -2.26. The fraction of sp³-hybridized carbons (Fsp3) is 0.625. The Morgan fingerprint density at radius 2 is 2.10 bits per heavy atom. The maximum atomic E-state index is 9.90. The molecule has 4 nitrogen and oxygen atoms in total. The van der Waals surface area contributed by atoms with Crippen LogP contribution in [-0.4, -0.2) is 30.5 Å². The van der Waals surface area contributed by atoms with E-state index in [-0.39, 0.29) is 12.2 Å². The van der Waals surface area contributed by atoms with Crippen molar-refractivity contribution in [1.29, 1.82) is 0 Å². The summed E-state index contributed by atoms with van der Waals surface area (Å²) in [7, 11) is 1.68. The Balaban J connectivity index is 1.72. The van der Waals surface area contributed by atoms with E-state index in [1.807, 2.05) is 18.2 Å². The third-order valence-electron chi connectivity index (χ3n) is 4.12. The monoisotopic (exact) mass is 277 g/mol. The molecule has 0 aliphatic heterocycles. The highest BCUT2D eigenvalue weighted by Crippen LogP contribution is 2.30. The average Bonchev–Trinajstić information content (AvgIpc) is 3.21. The van der Waals surface area contributed by atoms with Crippen LogP contribution in [0.2, 0.25) is 0 Å². The van der Waals surface area contributed by atoms with Crippen molar-refractivity contribution < 1.29 is 14.6 Å². The minimum atomic E-state index is -0.332. The first-order valence-corrected chi connectivity index (χ1v) is 7.51. The standard InChI is InChI=1S/C16H23NO3/c1-19-13-7-8-15(20-16-4-2-3-14(16)18)11(9-13)10-17-12-5-6-12/h7-9,12,14,16-18H,2-6,10H2,1H3. The Labute approximate surface area is 120 Å². The van der Waals surface area contributed by atoms with Gasteiger partial charge in [-0.1, -0.05) is 0 Å². The van der Waals surface area contributed by atoms with Crippen LogP contribution in [0.15, 0.2) is 18.2 Å². The number of aliphatic hydroxyl groups excluding tert-OH is 1. The van der Waals surface area contributed by atoms with Crippen LogP contribution in [0, 0.1) is 0 Å². The number of hydrogen-bond acceptors (Lipinski definition) is 4. The highest BCUT2D eigenvalue weighted by molar-refractivity contribution is 5.40. The third kappa shape index (κ3) is 3.25. The van der Waals surface area contributed by atoms with Gasteiger partial charge in [0.05, 0.1) is 13.2 Å². The van der Waals surface area contributed by atoms with Gasteiger partial charge in [0.15, 0.2) is 0 Å². The van der Waals surface area contributed by atoms with Gasteiger partial charge in [0.25, 0.3) is 0 Å². The second kappa shape index (κ2) is 6.02. The average molecular weight is 277 g/mol. The zero-order valence-electron chi connectivity index (χ0n) is 12.0. The Morgan fingerprint density at radius 3 is 2.75 bits per heavy atom. The molecule has 110 valence electrons. The molecule has 0 saturated heterocycles. The predicted molar refractivity (Wildman–Crippen MR) is 77.1 cm³/mol. The molecule has 2 N–H and O–H groups in total. The first kappa shape index (κ1) is 13.7. The molecule has 1 aromatic carbocycles. The molecular formula is C16H23NO3. The molecule has 0 amide bonds. The number of benzene rings is 1. The molecule has 3 rings (SSSR count). The van der Waals surface area contributed by atoms with E-state index < -0.39 is 0 Å². The van der Waals surface area contributed by atoms with Crippen LogP contribution in [0.5, 0.6) is 11.5 Å². The summed E-state index contributed by atoms with van der Waals surface area (Å²) in [4.78, 5) is 0. The smallest absolute Gasteiger partial charge is 0.124 e. The normalized spacial score (nSPS) is 25.7. The van der Waals surface area contributed by atoms with E-state index in [0.717, 1.165) is 42.9 Å². The van der Waals surface area contributed by atoms with Gasteiger partial charge in [-0.15, -0.1) is 0 Å². The summed E-state index contributed by atoms with van der Waals surface area (Å²) in [6.45, 7) is 0.792. The lowest BCUT2D eigenvalue weighted by atomic mass is 10.1. The first-order valence-electron chi connectivity index (χ1n) is 7.51. The molecule has 2 fully saturated rings. The minimum Gasteiger partial charge on any atom is -0.497 e. The van der Waals surface area contributed by atoms with Crippen molar-refractivity contribution >= 4 is 0 Å². The molecule has 1 aromatic rings. The van der Waals surface area contributed by atoms with E-state index >= 15 is 0 Å². The van der Waals surface area contributed by atoms with Crippen molar-refractivity contribution in [3.8, 4) is 11.5 Å². The maximum Gasteiger partial charge on any atom is 0.124 e. The molecule has 4 heteroatoms. The molecule has 2 aliphatic carbocycles. The molecule has 2 saturated carbocycles. The Kier molecular flexibility index (Phi) is 4.13. The van der Waals surface area contributed by atoms with Crippen molar-refractivity contribution in [2.75, 3.05) is 7.11 Å². The summed E-state index contributed by atoms with van der Waals surface area (Å²) < 4.78 is 11.3. The molecule has 20 heavy (non-hydrogen) atoms. The van der Waals surface area contributed by atoms with Gasteiger partial charge >= 0.3 is 0 Å². The van der Waals surface area contributed by atoms with E-state index in [9.17, 15) is 5.11 Å². The molecule has 0 spiro atoms. The summed E-state index contributed by atoms with van der Waals surface area (Å²) >= 11 is 0. The lowest BCUT2D eigenvalue weighted by molar-refractivity contribution is 0.0597.